The quantitative estimate of drug-likeness (QED) is 0.863. The van der Waals surface area contributed by atoms with Crippen LogP contribution in [0, 0.1) is 0 Å². The fraction of sp³-hybridized carbons (Fsp3) is 0.412. The molecule has 4 nitrogen and oxygen atoms in total. The van der Waals surface area contributed by atoms with Gasteiger partial charge in [-0.2, -0.15) is 5.10 Å². The van der Waals surface area contributed by atoms with E-state index in [2.05, 4.69) is 18.1 Å². The van der Waals surface area contributed by atoms with Gasteiger partial charge in [0, 0.05) is 31.3 Å². The Morgan fingerprint density at radius 2 is 2.09 bits per heavy atom. The molecule has 0 N–H and O–H groups in total. The van der Waals surface area contributed by atoms with Gasteiger partial charge in [0.1, 0.15) is 0 Å². The lowest BCUT2D eigenvalue weighted by molar-refractivity contribution is 0.0827. The summed E-state index contributed by atoms with van der Waals surface area (Å²) in [7, 11) is 3.49. The summed E-state index contributed by atoms with van der Waals surface area (Å²) in [6.45, 7) is 2.09. The SMILES string of the molecule is CCc1cc(C2CC2)n(-c2cc(C(=O)N(C)C)ccc2Cl)n1. The molecular weight excluding hydrogens is 298 g/mol. The van der Waals surface area contributed by atoms with Crippen molar-refractivity contribution in [2.45, 2.75) is 32.1 Å². The van der Waals surface area contributed by atoms with Crippen molar-refractivity contribution in [3.05, 3.63) is 46.2 Å². The highest BCUT2D eigenvalue weighted by Gasteiger charge is 2.29. The topological polar surface area (TPSA) is 38.1 Å². The van der Waals surface area contributed by atoms with Crippen LogP contribution in [0.15, 0.2) is 24.3 Å². The molecule has 0 aliphatic heterocycles. The average molecular weight is 318 g/mol. The maximum atomic E-state index is 12.2. The fourth-order valence-corrected chi connectivity index (χ4v) is 2.75. The Bertz CT molecular complexity index is 717. The van der Waals surface area contributed by atoms with Gasteiger partial charge in [-0.3, -0.25) is 4.79 Å². The van der Waals surface area contributed by atoms with Gasteiger partial charge in [0.2, 0.25) is 0 Å². The number of aromatic nitrogens is 2. The Kier molecular flexibility index (Phi) is 3.96. The molecule has 1 aromatic heterocycles. The van der Waals surface area contributed by atoms with Gasteiger partial charge in [0.15, 0.2) is 0 Å². The monoisotopic (exact) mass is 317 g/mol. The molecule has 1 aliphatic carbocycles. The highest BCUT2D eigenvalue weighted by atomic mass is 35.5. The molecule has 0 saturated heterocycles. The fourth-order valence-electron chi connectivity index (χ4n) is 2.55. The van der Waals surface area contributed by atoms with Crippen molar-refractivity contribution in [2.75, 3.05) is 14.1 Å². The van der Waals surface area contributed by atoms with Gasteiger partial charge in [-0.15, -0.1) is 0 Å². The molecule has 116 valence electrons. The van der Waals surface area contributed by atoms with Gasteiger partial charge in [-0.1, -0.05) is 18.5 Å². The Balaban J connectivity index is 2.09. The number of benzene rings is 1. The van der Waals surface area contributed by atoms with E-state index >= 15 is 0 Å². The third kappa shape index (κ3) is 2.75. The van der Waals surface area contributed by atoms with Crippen LogP contribution in [0.5, 0.6) is 0 Å². The summed E-state index contributed by atoms with van der Waals surface area (Å²) >= 11 is 6.38. The zero-order chi connectivity index (χ0) is 15.9. The van der Waals surface area contributed by atoms with Crippen molar-refractivity contribution in [3.8, 4) is 5.69 Å². The predicted molar refractivity (Wildman–Crippen MR) is 87.9 cm³/mol. The number of carbonyl (C=O) groups is 1. The smallest absolute Gasteiger partial charge is 0.253 e. The van der Waals surface area contributed by atoms with E-state index in [1.54, 1.807) is 31.1 Å². The van der Waals surface area contributed by atoms with E-state index in [9.17, 15) is 4.79 Å². The minimum Gasteiger partial charge on any atom is -0.345 e. The molecule has 1 aliphatic rings. The van der Waals surface area contributed by atoms with Crippen LogP contribution in [0.4, 0.5) is 0 Å². The number of amides is 1. The van der Waals surface area contributed by atoms with Crippen molar-refractivity contribution < 1.29 is 4.79 Å². The number of hydrogen-bond acceptors (Lipinski definition) is 2. The van der Waals surface area contributed by atoms with E-state index in [0.29, 0.717) is 16.5 Å². The van der Waals surface area contributed by atoms with E-state index < -0.39 is 0 Å². The third-order valence-corrected chi connectivity index (χ3v) is 4.29. The van der Waals surface area contributed by atoms with Crippen LogP contribution >= 0.6 is 11.6 Å². The maximum absolute atomic E-state index is 12.2. The summed E-state index contributed by atoms with van der Waals surface area (Å²) in [5, 5.41) is 5.29. The van der Waals surface area contributed by atoms with Crippen LogP contribution in [0.25, 0.3) is 5.69 Å². The Labute approximate surface area is 135 Å². The first-order chi connectivity index (χ1) is 10.5. The number of halogens is 1. The summed E-state index contributed by atoms with van der Waals surface area (Å²) in [5.41, 5.74) is 3.67. The molecule has 1 saturated carbocycles. The first kappa shape index (κ1) is 15.1. The second-order valence-corrected chi connectivity index (χ2v) is 6.37. The van der Waals surface area contributed by atoms with Crippen molar-refractivity contribution in [1.29, 1.82) is 0 Å². The minimum atomic E-state index is -0.0336. The van der Waals surface area contributed by atoms with Crippen molar-refractivity contribution in [3.63, 3.8) is 0 Å². The van der Waals surface area contributed by atoms with Crippen LogP contribution in [-0.2, 0) is 6.42 Å². The van der Waals surface area contributed by atoms with Gasteiger partial charge in [-0.05, 0) is 43.5 Å². The molecule has 22 heavy (non-hydrogen) atoms. The maximum Gasteiger partial charge on any atom is 0.253 e. The molecule has 0 unspecified atom stereocenters. The molecule has 1 fully saturated rings. The van der Waals surface area contributed by atoms with E-state index in [1.807, 2.05) is 10.7 Å². The standard InChI is InChI=1S/C17H20ClN3O/c1-4-13-10-15(11-5-6-11)21(19-13)16-9-12(7-8-14(16)18)17(22)20(2)3/h7-11H,4-6H2,1-3H3. The largest absolute Gasteiger partial charge is 0.345 e. The van der Waals surface area contributed by atoms with Crippen LogP contribution in [0.3, 0.4) is 0 Å². The van der Waals surface area contributed by atoms with E-state index in [-0.39, 0.29) is 5.91 Å². The number of hydrogen-bond donors (Lipinski definition) is 0. The number of rotatable bonds is 4. The second kappa shape index (κ2) is 5.76. The molecular formula is C17H20ClN3O. The lowest BCUT2D eigenvalue weighted by Gasteiger charge is -2.13. The third-order valence-electron chi connectivity index (χ3n) is 3.97. The van der Waals surface area contributed by atoms with Crippen LogP contribution < -0.4 is 0 Å². The molecule has 0 radical (unpaired) electrons. The first-order valence-electron chi connectivity index (χ1n) is 7.61. The van der Waals surface area contributed by atoms with Gasteiger partial charge in [-0.25, -0.2) is 4.68 Å². The van der Waals surface area contributed by atoms with Crippen molar-refractivity contribution >= 4 is 17.5 Å². The Morgan fingerprint density at radius 1 is 1.36 bits per heavy atom. The average Bonchev–Trinajstić information content (AvgIpc) is 3.26. The molecule has 1 amide bonds. The number of carbonyl (C=O) groups excluding carboxylic acids is 1. The molecule has 1 heterocycles. The van der Waals surface area contributed by atoms with Gasteiger partial charge in [0.25, 0.3) is 5.91 Å². The highest BCUT2D eigenvalue weighted by molar-refractivity contribution is 6.32. The first-order valence-corrected chi connectivity index (χ1v) is 7.99. The van der Waals surface area contributed by atoms with Gasteiger partial charge in [0.05, 0.1) is 16.4 Å². The van der Waals surface area contributed by atoms with Gasteiger partial charge < -0.3 is 4.90 Å². The Hall–Kier alpha value is -1.81. The van der Waals surface area contributed by atoms with E-state index in [0.717, 1.165) is 17.8 Å². The Morgan fingerprint density at radius 3 is 2.68 bits per heavy atom. The molecule has 0 spiro atoms. The minimum absolute atomic E-state index is 0.0336. The molecule has 2 aromatic rings. The zero-order valence-corrected chi connectivity index (χ0v) is 13.9. The highest BCUT2D eigenvalue weighted by Crippen LogP contribution is 2.41. The molecule has 5 heteroatoms. The van der Waals surface area contributed by atoms with Crippen LogP contribution in [0.1, 0.15) is 47.4 Å². The summed E-state index contributed by atoms with van der Waals surface area (Å²) < 4.78 is 1.92. The molecule has 0 atom stereocenters. The summed E-state index contributed by atoms with van der Waals surface area (Å²) in [6, 6.07) is 7.53. The van der Waals surface area contributed by atoms with E-state index in [4.69, 9.17) is 11.6 Å². The van der Waals surface area contributed by atoms with Crippen molar-refractivity contribution in [1.82, 2.24) is 14.7 Å². The lowest BCUT2D eigenvalue weighted by atomic mass is 10.1. The normalized spacial score (nSPS) is 14.2. The summed E-state index contributed by atoms with van der Waals surface area (Å²) in [6.07, 6.45) is 3.28. The summed E-state index contributed by atoms with van der Waals surface area (Å²) in [4.78, 5) is 13.7. The zero-order valence-electron chi connectivity index (χ0n) is 13.1. The second-order valence-electron chi connectivity index (χ2n) is 5.97. The molecule has 3 rings (SSSR count). The predicted octanol–water partition coefficient (Wildman–Crippen LogP) is 3.67. The van der Waals surface area contributed by atoms with Crippen LogP contribution in [-0.4, -0.2) is 34.7 Å². The van der Waals surface area contributed by atoms with E-state index in [1.165, 1.54) is 18.5 Å². The van der Waals surface area contributed by atoms with Crippen molar-refractivity contribution in [2.24, 2.45) is 0 Å². The number of nitrogens with zero attached hydrogens (tertiary/aromatic N) is 3. The molecule has 0 bridgehead atoms. The van der Waals surface area contributed by atoms with Gasteiger partial charge >= 0.3 is 0 Å². The summed E-state index contributed by atoms with van der Waals surface area (Å²) in [5.74, 6) is 0.533. The molecule has 1 aromatic carbocycles. The lowest BCUT2D eigenvalue weighted by Crippen LogP contribution is -2.21. The van der Waals surface area contributed by atoms with Crippen LogP contribution in [0.2, 0.25) is 5.02 Å². The number of aryl methyl sites for hydroxylation is 1.